The average Bonchev–Trinajstić information content (AvgIpc) is 3.27. The van der Waals surface area contributed by atoms with Crippen LogP contribution < -0.4 is 5.32 Å². The lowest BCUT2D eigenvalue weighted by molar-refractivity contribution is 0.126. The second-order valence-corrected chi connectivity index (χ2v) is 6.45. The van der Waals surface area contributed by atoms with Crippen LogP contribution in [0.5, 0.6) is 0 Å². The van der Waals surface area contributed by atoms with E-state index >= 15 is 0 Å². The number of hydrogen-bond acceptors (Lipinski definition) is 2. The Morgan fingerprint density at radius 1 is 0.800 bits per heavy atom. The fourth-order valence-corrected chi connectivity index (χ4v) is 2.54. The quantitative estimate of drug-likeness (QED) is 0.406. The van der Waals surface area contributed by atoms with E-state index in [0.717, 1.165) is 25.7 Å². The van der Waals surface area contributed by atoms with Crippen molar-refractivity contribution in [3.05, 3.63) is 0 Å². The molecule has 0 heterocycles. The second kappa shape index (κ2) is 13.9. The second-order valence-electron chi connectivity index (χ2n) is 6.45. The van der Waals surface area contributed by atoms with Gasteiger partial charge in [0.05, 0.1) is 6.61 Å². The van der Waals surface area contributed by atoms with Gasteiger partial charge in [0.2, 0.25) is 0 Å². The van der Waals surface area contributed by atoms with E-state index in [1.807, 2.05) is 0 Å². The van der Waals surface area contributed by atoms with Gasteiger partial charge >= 0.3 is 0 Å². The molecule has 0 radical (unpaired) electrons. The van der Waals surface area contributed by atoms with E-state index in [1.54, 1.807) is 0 Å². The molecule has 0 atom stereocenters. The summed E-state index contributed by atoms with van der Waals surface area (Å²) in [5, 5.41) is 3.48. The van der Waals surface area contributed by atoms with Crippen LogP contribution in [0.1, 0.15) is 84.0 Å². The van der Waals surface area contributed by atoms with Crippen molar-refractivity contribution in [2.75, 3.05) is 26.3 Å². The molecule has 1 aliphatic carbocycles. The third kappa shape index (κ3) is 12.9. The highest BCUT2D eigenvalue weighted by molar-refractivity contribution is 4.71. The molecule has 0 amide bonds. The van der Waals surface area contributed by atoms with Gasteiger partial charge in [0.1, 0.15) is 0 Å². The van der Waals surface area contributed by atoms with Gasteiger partial charge in [-0.2, -0.15) is 0 Å². The van der Waals surface area contributed by atoms with Gasteiger partial charge in [-0.3, -0.25) is 0 Å². The minimum atomic E-state index is 0.897. The summed E-state index contributed by atoms with van der Waals surface area (Å²) in [6.45, 7) is 6.38. The molecule has 0 aromatic heterocycles. The summed E-state index contributed by atoms with van der Waals surface area (Å²) in [7, 11) is 0. The fourth-order valence-electron chi connectivity index (χ4n) is 2.54. The third-order valence-corrected chi connectivity index (χ3v) is 4.18. The Labute approximate surface area is 127 Å². The van der Waals surface area contributed by atoms with E-state index < -0.39 is 0 Å². The zero-order valence-electron chi connectivity index (χ0n) is 13.8. The maximum atomic E-state index is 5.59. The van der Waals surface area contributed by atoms with Crippen LogP contribution in [-0.4, -0.2) is 26.3 Å². The number of nitrogens with one attached hydrogen (secondary N) is 1. The number of unbranched alkanes of at least 4 members (excludes halogenated alkanes) is 9. The fraction of sp³-hybridized carbons (Fsp3) is 1.00. The Morgan fingerprint density at radius 3 is 2.00 bits per heavy atom. The lowest BCUT2D eigenvalue weighted by atomic mass is 10.1. The first-order chi connectivity index (χ1) is 9.93. The first-order valence-electron chi connectivity index (χ1n) is 9.22. The maximum absolute atomic E-state index is 5.59. The molecule has 0 aromatic rings. The van der Waals surface area contributed by atoms with Crippen molar-refractivity contribution in [2.45, 2.75) is 84.0 Å². The summed E-state index contributed by atoms with van der Waals surface area (Å²) >= 11 is 0. The molecular formula is C18H37NO. The monoisotopic (exact) mass is 283 g/mol. The Balaban J connectivity index is 1.60. The molecule has 1 N–H and O–H groups in total. The summed E-state index contributed by atoms with van der Waals surface area (Å²) in [6, 6.07) is 0. The van der Waals surface area contributed by atoms with Crippen molar-refractivity contribution < 1.29 is 4.74 Å². The standard InChI is InChI=1S/C18H37NO/c1-2-3-4-5-6-7-8-9-10-11-14-19-15-16-20-17-18-12-13-18/h18-19H,2-17H2,1H3. The van der Waals surface area contributed by atoms with E-state index in [0.29, 0.717) is 0 Å². The summed E-state index contributed by atoms with van der Waals surface area (Å²) < 4.78 is 5.59. The van der Waals surface area contributed by atoms with E-state index in [1.165, 1.54) is 83.6 Å². The SMILES string of the molecule is CCCCCCCCCCCCNCCOCC1CC1. The molecule has 0 bridgehead atoms. The molecule has 1 rings (SSSR count). The van der Waals surface area contributed by atoms with Gasteiger partial charge < -0.3 is 10.1 Å². The molecule has 2 heteroatoms. The first-order valence-corrected chi connectivity index (χ1v) is 9.22. The molecule has 1 saturated carbocycles. The van der Waals surface area contributed by atoms with Crippen LogP contribution in [0, 0.1) is 5.92 Å². The van der Waals surface area contributed by atoms with Crippen molar-refractivity contribution in [3.8, 4) is 0 Å². The minimum Gasteiger partial charge on any atom is -0.380 e. The van der Waals surface area contributed by atoms with Gasteiger partial charge in [-0.15, -0.1) is 0 Å². The van der Waals surface area contributed by atoms with Crippen molar-refractivity contribution in [1.29, 1.82) is 0 Å². The Kier molecular flexibility index (Phi) is 12.5. The van der Waals surface area contributed by atoms with Crippen LogP contribution >= 0.6 is 0 Å². The van der Waals surface area contributed by atoms with Gasteiger partial charge in [-0.1, -0.05) is 64.7 Å². The molecule has 0 spiro atoms. The van der Waals surface area contributed by atoms with E-state index in [4.69, 9.17) is 4.74 Å². The largest absolute Gasteiger partial charge is 0.380 e. The van der Waals surface area contributed by atoms with Gasteiger partial charge in [-0.25, -0.2) is 0 Å². The third-order valence-electron chi connectivity index (χ3n) is 4.18. The summed E-state index contributed by atoms with van der Waals surface area (Å²) in [4.78, 5) is 0. The van der Waals surface area contributed by atoms with Gasteiger partial charge in [0.25, 0.3) is 0 Å². The molecule has 0 aromatic carbocycles. The molecule has 2 nitrogen and oxygen atoms in total. The molecule has 20 heavy (non-hydrogen) atoms. The number of ether oxygens (including phenoxy) is 1. The summed E-state index contributed by atoms with van der Waals surface area (Å²) in [5.41, 5.74) is 0. The zero-order valence-corrected chi connectivity index (χ0v) is 13.8. The van der Waals surface area contributed by atoms with E-state index in [2.05, 4.69) is 12.2 Å². The van der Waals surface area contributed by atoms with Crippen LogP contribution in [0.4, 0.5) is 0 Å². The maximum Gasteiger partial charge on any atom is 0.0591 e. The van der Waals surface area contributed by atoms with E-state index in [-0.39, 0.29) is 0 Å². The first kappa shape index (κ1) is 18.0. The van der Waals surface area contributed by atoms with Crippen molar-refractivity contribution in [2.24, 2.45) is 5.92 Å². The van der Waals surface area contributed by atoms with Gasteiger partial charge in [-0.05, 0) is 31.7 Å². The summed E-state index contributed by atoms with van der Waals surface area (Å²) in [6.07, 6.45) is 17.0. The Bertz CT molecular complexity index is 192. The van der Waals surface area contributed by atoms with Crippen LogP contribution in [0.25, 0.3) is 0 Å². The molecular weight excluding hydrogens is 246 g/mol. The molecule has 0 unspecified atom stereocenters. The molecule has 120 valence electrons. The smallest absolute Gasteiger partial charge is 0.0591 e. The zero-order chi connectivity index (χ0) is 14.3. The number of hydrogen-bond donors (Lipinski definition) is 1. The summed E-state index contributed by atoms with van der Waals surface area (Å²) in [5.74, 6) is 0.900. The van der Waals surface area contributed by atoms with E-state index in [9.17, 15) is 0 Å². The van der Waals surface area contributed by atoms with Crippen molar-refractivity contribution in [3.63, 3.8) is 0 Å². The highest BCUT2D eigenvalue weighted by Crippen LogP contribution is 2.28. The molecule has 0 saturated heterocycles. The average molecular weight is 284 g/mol. The molecule has 1 aliphatic rings. The Morgan fingerprint density at radius 2 is 1.40 bits per heavy atom. The highest BCUT2D eigenvalue weighted by atomic mass is 16.5. The van der Waals surface area contributed by atoms with Crippen molar-refractivity contribution >= 4 is 0 Å². The van der Waals surface area contributed by atoms with Crippen LogP contribution in [0.3, 0.4) is 0 Å². The lowest BCUT2D eigenvalue weighted by Crippen LogP contribution is -2.21. The highest BCUT2D eigenvalue weighted by Gasteiger charge is 2.20. The molecule has 1 fully saturated rings. The van der Waals surface area contributed by atoms with Crippen molar-refractivity contribution in [1.82, 2.24) is 5.32 Å². The normalized spacial score (nSPS) is 14.8. The number of rotatable bonds is 16. The van der Waals surface area contributed by atoms with Crippen LogP contribution in [-0.2, 0) is 4.74 Å². The lowest BCUT2D eigenvalue weighted by Gasteiger charge is -2.06. The predicted molar refractivity (Wildman–Crippen MR) is 88.3 cm³/mol. The Hall–Kier alpha value is -0.0800. The van der Waals surface area contributed by atoms with Gasteiger partial charge in [0.15, 0.2) is 0 Å². The van der Waals surface area contributed by atoms with Crippen LogP contribution in [0.2, 0.25) is 0 Å². The topological polar surface area (TPSA) is 21.3 Å². The predicted octanol–water partition coefficient (Wildman–Crippen LogP) is 4.92. The van der Waals surface area contributed by atoms with Gasteiger partial charge in [0, 0.05) is 13.2 Å². The minimum absolute atomic E-state index is 0.897. The van der Waals surface area contributed by atoms with Crippen LogP contribution in [0.15, 0.2) is 0 Å². The molecule has 0 aliphatic heterocycles.